The van der Waals surface area contributed by atoms with Gasteiger partial charge in [0.1, 0.15) is 11.5 Å². The predicted octanol–water partition coefficient (Wildman–Crippen LogP) is 4.74. The molecule has 0 aromatic heterocycles. The van der Waals surface area contributed by atoms with Gasteiger partial charge in [-0.1, -0.05) is 30.3 Å². The summed E-state index contributed by atoms with van der Waals surface area (Å²) in [6, 6.07) is 22.2. The van der Waals surface area contributed by atoms with Gasteiger partial charge in [-0.3, -0.25) is 9.69 Å². The van der Waals surface area contributed by atoms with Crippen molar-refractivity contribution in [2.75, 3.05) is 37.9 Å². The number of nitrogens with one attached hydrogen (secondary N) is 3. The van der Waals surface area contributed by atoms with Gasteiger partial charge in [-0.05, 0) is 54.8 Å². The summed E-state index contributed by atoms with van der Waals surface area (Å²) in [6.07, 6.45) is 1.79. The van der Waals surface area contributed by atoms with Gasteiger partial charge in [0, 0.05) is 43.1 Å². The largest absolute Gasteiger partial charge is 0.497 e. The van der Waals surface area contributed by atoms with E-state index < -0.39 is 6.03 Å². The van der Waals surface area contributed by atoms with Gasteiger partial charge >= 0.3 is 6.03 Å². The number of likely N-dealkylation sites (tertiary alicyclic amines) is 1. The number of anilines is 2. The van der Waals surface area contributed by atoms with Crippen LogP contribution in [-0.2, 0) is 6.54 Å². The van der Waals surface area contributed by atoms with Gasteiger partial charge in [-0.15, -0.1) is 0 Å². The van der Waals surface area contributed by atoms with E-state index in [2.05, 4.69) is 45.1 Å². The van der Waals surface area contributed by atoms with E-state index in [0.29, 0.717) is 28.4 Å². The molecule has 0 saturated carbocycles. The molecule has 4 rings (SSSR count). The molecule has 1 saturated heterocycles. The van der Waals surface area contributed by atoms with Crippen molar-refractivity contribution in [1.82, 2.24) is 10.2 Å². The number of amides is 3. The first-order valence-electron chi connectivity index (χ1n) is 12.0. The lowest BCUT2D eigenvalue weighted by atomic mass is 10.0. The van der Waals surface area contributed by atoms with Crippen LogP contribution >= 0.6 is 0 Å². The second-order valence-electron chi connectivity index (χ2n) is 8.73. The van der Waals surface area contributed by atoms with Crippen LogP contribution < -0.4 is 25.4 Å². The summed E-state index contributed by atoms with van der Waals surface area (Å²) in [6.45, 7) is 2.79. The third-order valence-corrected chi connectivity index (χ3v) is 6.22. The third kappa shape index (κ3) is 6.76. The zero-order valence-electron chi connectivity index (χ0n) is 20.6. The number of ether oxygens (including phenoxy) is 2. The van der Waals surface area contributed by atoms with Crippen molar-refractivity contribution < 1.29 is 19.1 Å². The van der Waals surface area contributed by atoms with E-state index >= 15 is 0 Å². The van der Waals surface area contributed by atoms with Gasteiger partial charge in [-0.25, -0.2) is 4.79 Å². The number of benzene rings is 3. The molecule has 0 spiro atoms. The molecule has 3 aromatic rings. The van der Waals surface area contributed by atoms with Crippen LogP contribution in [0, 0.1) is 0 Å². The summed E-state index contributed by atoms with van der Waals surface area (Å²) in [5, 5.41) is 8.67. The molecule has 3 N–H and O–H groups in total. The Kier molecular flexibility index (Phi) is 8.41. The van der Waals surface area contributed by atoms with E-state index in [1.54, 1.807) is 49.6 Å². The molecule has 8 nitrogen and oxygen atoms in total. The lowest BCUT2D eigenvalue weighted by molar-refractivity contribution is 0.0906. The molecule has 0 aliphatic carbocycles. The Morgan fingerprint density at radius 1 is 0.861 bits per heavy atom. The number of hydrogen-bond acceptors (Lipinski definition) is 5. The minimum absolute atomic E-state index is 0.113. The molecule has 188 valence electrons. The first kappa shape index (κ1) is 25.1. The van der Waals surface area contributed by atoms with Crippen molar-refractivity contribution in [3.05, 3.63) is 83.9 Å². The SMILES string of the molecule is COc1ccc(NC(=O)Nc2ccc(C(=O)NC3CCN(Cc4ccccc4)CC3)c(OC)c2)cc1. The predicted molar refractivity (Wildman–Crippen MR) is 141 cm³/mol. The van der Waals surface area contributed by atoms with Crippen molar-refractivity contribution in [3.8, 4) is 11.5 Å². The van der Waals surface area contributed by atoms with Crippen LogP contribution in [0.3, 0.4) is 0 Å². The van der Waals surface area contributed by atoms with Crippen LogP contribution in [0.2, 0.25) is 0 Å². The maximum absolute atomic E-state index is 13.0. The fraction of sp³-hybridized carbons (Fsp3) is 0.286. The lowest BCUT2D eigenvalue weighted by Gasteiger charge is -2.32. The molecule has 1 fully saturated rings. The van der Waals surface area contributed by atoms with Crippen LogP contribution in [-0.4, -0.2) is 50.2 Å². The number of methoxy groups -OCH3 is 2. The first-order chi connectivity index (χ1) is 17.5. The van der Waals surface area contributed by atoms with Crippen molar-refractivity contribution in [1.29, 1.82) is 0 Å². The highest BCUT2D eigenvalue weighted by Crippen LogP contribution is 2.24. The minimum Gasteiger partial charge on any atom is -0.497 e. The molecular formula is C28H32N4O4. The summed E-state index contributed by atoms with van der Waals surface area (Å²) in [5.74, 6) is 0.927. The summed E-state index contributed by atoms with van der Waals surface area (Å²) < 4.78 is 10.6. The van der Waals surface area contributed by atoms with Gasteiger partial charge in [0.05, 0.1) is 19.8 Å². The van der Waals surface area contributed by atoms with Crippen LogP contribution in [0.15, 0.2) is 72.8 Å². The summed E-state index contributed by atoms with van der Waals surface area (Å²) >= 11 is 0. The highest BCUT2D eigenvalue weighted by atomic mass is 16.5. The number of hydrogen-bond donors (Lipinski definition) is 3. The van der Waals surface area contributed by atoms with Crippen molar-refractivity contribution in [3.63, 3.8) is 0 Å². The number of rotatable bonds is 8. The highest BCUT2D eigenvalue weighted by Gasteiger charge is 2.23. The van der Waals surface area contributed by atoms with E-state index in [4.69, 9.17) is 9.47 Å². The van der Waals surface area contributed by atoms with Crippen molar-refractivity contribution >= 4 is 23.3 Å². The molecule has 1 heterocycles. The Balaban J connectivity index is 1.29. The number of piperidine rings is 1. The fourth-order valence-electron chi connectivity index (χ4n) is 4.26. The molecule has 3 amide bonds. The molecule has 0 radical (unpaired) electrons. The Morgan fingerprint density at radius 2 is 1.53 bits per heavy atom. The van der Waals surface area contributed by atoms with Gasteiger partial charge in [0.25, 0.3) is 5.91 Å². The Labute approximate surface area is 211 Å². The smallest absolute Gasteiger partial charge is 0.323 e. The van der Waals surface area contributed by atoms with E-state index in [1.807, 2.05) is 6.07 Å². The molecule has 36 heavy (non-hydrogen) atoms. The first-order valence-corrected chi connectivity index (χ1v) is 12.0. The van der Waals surface area contributed by atoms with Crippen LogP contribution in [0.5, 0.6) is 11.5 Å². The molecule has 0 atom stereocenters. The summed E-state index contributed by atoms with van der Waals surface area (Å²) in [4.78, 5) is 27.8. The van der Waals surface area contributed by atoms with Crippen molar-refractivity contribution in [2.45, 2.75) is 25.4 Å². The van der Waals surface area contributed by atoms with E-state index in [1.165, 1.54) is 12.7 Å². The molecule has 1 aliphatic rings. The van der Waals surface area contributed by atoms with Crippen LogP contribution in [0.4, 0.5) is 16.2 Å². The van der Waals surface area contributed by atoms with Gasteiger partial charge in [0.2, 0.25) is 0 Å². The number of urea groups is 1. The quantitative estimate of drug-likeness (QED) is 0.426. The van der Waals surface area contributed by atoms with Gasteiger partial charge in [-0.2, -0.15) is 0 Å². The third-order valence-electron chi connectivity index (χ3n) is 6.22. The minimum atomic E-state index is -0.401. The molecule has 3 aromatic carbocycles. The van der Waals surface area contributed by atoms with Crippen LogP contribution in [0.1, 0.15) is 28.8 Å². The number of carbonyl (C=O) groups is 2. The van der Waals surface area contributed by atoms with Crippen molar-refractivity contribution in [2.24, 2.45) is 0 Å². The average Bonchev–Trinajstić information content (AvgIpc) is 2.90. The average molecular weight is 489 g/mol. The van der Waals surface area contributed by atoms with Crippen LogP contribution in [0.25, 0.3) is 0 Å². The lowest BCUT2D eigenvalue weighted by Crippen LogP contribution is -2.44. The Bertz CT molecular complexity index is 1160. The van der Waals surface area contributed by atoms with E-state index in [-0.39, 0.29) is 11.9 Å². The second-order valence-corrected chi connectivity index (χ2v) is 8.73. The maximum atomic E-state index is 13.0. The zero-order valence-corrected chi connectivity index (χ0v) is 20.6. The molecule has 1 aliphatic heterocycles. The summed E-state index contributed by atoms with van der Waals surface area (Å²) in [5.41, 5.74) is 2.89. The number of nitrogens with zero attached hydrogens (tertiary/aromatic N) is 1. The molecule has 0 unspecified atom stereocenters. The van der Waals surface area contributed by atoms with E-state index in [9.17, 15) is 9.59 Å². The molecule has 0 bridgehead atoms. The fourth-order valence-corrected chi connectivity index (χ4v) is 4.26. The molecule has 8 heteroatoms. The monoisotopic (exact) mass is 488 g/mol. The Hall–Kier alpha value is -4.04. The van der Waals surface area contributed by atoms with Gasteiger partial charge < -0.3 is 25.4 Å². The van der Waals surface area contributed by atoms with E-state index in [0.717, 1.165) is 32.5 Å². The van der Waals surface area contributed by atoms with Gasteiger partial charge in [0.15, 0.2) is 0 Å². The summed E-state index contributed by atoms with van der Waals surface area (Å²) in [7, 11) is 3.09. The Morgan fingerprint density at radius 3 is 2.19 bits per heavy atom. The maximum Gasteiger partial charge on any atom is 0.323 e. The molecular weight excluding hydrogens is 456 g/mol. The zero-order chi connectivity index (χ0) is 25.3. The standard InChI is InChI=1S/C28H32N4O4/c1-35-24-11-8-21(9-12-24)30-28(34)31-23-10-13-25(26(18-23)36-2)27(33)29-22-14-16-32(17-15-22)19-20-6-4-3-5-7-20/h3-13,18,22H,14-17,19H2,1-2H3,(H,29,33)(H2,30,31,34). The normalized spacial score (nSPS) is 14.1. The second kappa shape index (κ2) is 12.1. The topological polar surface area (TPSA) is 91.9 Å². The highest BCUT2D eigenvalue weighted by molar-refractivity contribution is 6.01. The number of carbonyl (C=O) groups excluding carboxylic acids is 2.